The van der Waals surface area contributed by atoms with Crippen molar-refractivity contribution in [1.29, 1.82) is 0 Å². The summed E-state index contributed by atoms with van der Waals surface area (Å²) in [6.07, 6.45) is 1.76. The van der Waals surface area contributed by atoms with Crippen molar-refractivity contribution in [3.05, 3.63) is 65.7 Å². The summed E-state index contributed by atoms with van der Waals surface area (Å²) in [7, 11) is 0. The third-order valence-electron chi connectivity index (χ3n) is 3.49. The van der Waals surface area contributed by atoms with Crippen LogP contribution in [0.25, 0.3) is 10.6 Å². The third-order valence-corrected chi connectivity index (χ3v) is 4.38. The molecule has 25 heavy (non-hydrogen) atoms. The van der Waals surface area contributed by atoms with Crippen molar-refractivity contribution >= 4 is 23.1 Å². The van der Waals surface area contributed by atoms with E-state index in [4.69, 9.17) is 4.74 Å². The molecule has 0 atom stereocenters. The number of anilines is 1. The van der Waals surface area contributed by atoms with Crippen LogP contribution in [0.3, 0.4) is 0 Å². The van der Waals surface area contributed by atoms with Crippen molar-refractivity contribution in [2.75, 3.05) is 11.9 Å². The summed E-state index contributed by atoms with van der Waals surface area (Å²) in [5.41, 5.74) is 2.55. The molecule has 2 heterocycles. The molecule has 0 aliphatic rings. The van der Waals surface area contributed by atoms with Crippen LogP contribution in [0.5, 0.6) is 5.75 Å². The maximum atomic E-state index is 12.2. The van der Waals surface area contributed by atoms with Crippen LogP contribution >= 0.6 is 11.3 Å². The number of aromatic nitrogens is 1. The molecule has 0 aliphatic carbocycles. The first kappa shape index (κ1) is 17.0. The Hall–Kier alpha value is -2.86. The van der Waals surface area contributed by atoms with Gasteiger partial charge < -0.3 is 15.4 Å². The minimum absolute atomic E-state index is 0.276. The Bertz CT molecular complexity index is 834. The molecule has 0 radical (unpaired) electrons. The second-order valence-corrected chi connectivity index (χ2v) is 6.21. The first-order valence-electron chi connectivity index (χ1n) is 8.01. The van der Waals surface area contributed by atoms with Crippen molar-refractivity contribution in [1.82, 2.24) is 10.3 Å². The van der Waals surface area contributed by atoms with Crippen molar-refractivity contribution in [2.45, 2.75) is 13.5 Å². The summed E-state index contributed by atoms with van der Waals surface area (Å²) < 4.78 is 5.51. The van der Waals surface area contributed by atoms with Gasteiger partial charge in [0.1, 0.15) is 5.75 Å². The lowest BCUT2D eigenvalue weighted by molar-refractivity contribution is 0.251. The second-order valence-electron chi connectivity index (χ2n) is 5.26. The Labute approximate surface area is 150 Å². The summed E-state index contributed by atoms with van der Waals surface area (Å²) in [4.78, 5) is 17.6. The standard InChI is InChI=1S/C19H19N3O2S/c1-2-24-17-7-4-3-6-15(17)22-19(23)21-13-14-9-10-20-16(12-14)18-8-5-11-25-18/h3-12H,2,13H2,1H3,(H2,21,22,23). The number of nitrogens with zero attached hydrogens (tertiary/aromatic N) is 1. The van der Waals surface area contributed by atoms with Crippen LogP contribution in [-0.4, -0.2) is 17.6 Å². The highest BCUT2D eigenvalue weighted by atomic mass is 32.1. The molecule has 0 aliphatic heterocycles. The number of rotatable bonds is 6. The average molecular weight is 353 g/mol. The number of ether oxygens (including phenoxy) is 1. The Morgan fingerprint density at radius 2 is 2.08 bits per heavy atom. The minimum Gasteiger partial charge on any atom is -0.492 e. The number of benzene rings is 1. The molecule has 2 N–H and O–H groups in total. The van der Waals surface area contributed by atoms with Gasteiger partial charge in [-0.05, 0) is 48.2 Å². The molecule has 5 nitrogen and oxygen atoms in total. The van der Waals surface area contributed by atoms with Crippen LogP contribution in [0.1, 0.15) is 12.5 Å². The lowest BCUT2D eigenvalue weighted by Crippen LogP contribution is -2.28. The number of hydrogen-bond acceptors (Lipinski definition) is 4. The summed E-state index contributed by atoms with van der Waals surface area (Å²) in [5, 5.41) is 7.70. The first-order valence-corrected chi connectivity index (χ1v) is 8.89. The number of hydrogen-bond donors (Lipinski definition) is 2. The number of para-hydroxylation sites is 2. The highest BCUT2D eigenvalue weighted by Crippen LogP contribution is 2.24. The summed E-state index contributed by atoms with van der Waals surface area (Å²) >= 11 is 1.64. The molecule has 0 fully saturated rings. The molecule has 0 saturated carbocycles. The number of carbonyl (C=O) groups is 1. The number of pyridine rings is 1. The van der Waals surface area contributed by atoms with Gasteiger partial charge in [-0.1, -0.05) is 18.2 Å². The normalized spacial score (nSPS) is 10.3. The van der Waals surface area contributed by atoms with Crippen molar-refractivity contribution in [3.63, 3.8) is 0 Å². The largest absolute Gasteiger partial charge is 0.492 e. The van der Waals surface area contributed by atoms with E-state index < -0.39 is 0 Å². The predicted molar refractivity (Wildman–Crippen MR) is 101 cm³/mol. The number of amides is 2. The molecule has 2 amide bonds. The fraction of sp³-hybridized carbons (Fsp3) is 0.158. The van der Waals surface area contributed by atoms with Crippen LogP contribution in [0, 0.1) is 0 Å². The Balaban J connectivity index is 1.60. The quantitative estimate of drug-likeness (QED) is 0.684. The molecule has 6 heteroatoms. The zero-order valence-electron chi connectivity index (χ0n) is 13.9. The van der Waals surface area contributed by atoms with Gasteiger partial charge in [0.25, 0.3) is 0 Å². The number of urea groups is 1. The average Bonchev–Trinajstić information content (AvgIpc) is 3.17. The summed E-state index contributed by atoms with van der Waals surface area (Å²) in [5.74, 6) is 0.657. The van der Waals surface area contributed by atoms with Gasteiger partial charge in [-0.2, -0.15) is 0 Å². The Morgan fingerprint density at radius 3 is 2.88 bits per heavy atom. The van der Waals surface area contributed by atoms with Crippen LogP contribution < -0.4 is 15.4 Å². The van der Waals surface area contributed by atoms with E-state index in [2.05, 4.69) is 15.6 Å². The molecule has 0 spiro atoms. The van der Waals surface area contributed by atoms with Gasteiger partial charge in [-0.25, -0.2) is 4.79 Å². The monoisotopic (exact) mass is 353 g/mol. The predicted octanol–water partition coefficient (Wildman–Crippen LogP) is 4.53. The molecule has 128 valence electrons. The van der Waals surface area contributed by atoms with Crippen molar-refractivity contribution in [2.24, 2.45) is 0 Å². The molecule has 2 aromatic heterocycles. The minimum atomic E-state index is -0.276. The third kappa shape index (κ3) is 4.58. The number of thiophene rings is 1. The molecular formula is C19H19N3O2S. The molecular weight excluding hydrogens is 334 g/mol. The van der Waals surface area contributed by atoms with E-state index in [9.17, 15) is 4.79 Å². The molecule has 0 unspecified atom stereocenters. The molecule has 1 aromatic carbocycles. The van der Waals surface area contributed by atoms with Gasteiger partial charge in [-0.15, -0.1) is 11.3 Å². The van der Waals surface area contributed by atoms with Gasteiger partial charge in [0.2, 0.25) is 0 Å². The Morgan fingerprint density at radius 1 is 1.20 bits per heavy atom. The SMILES string of the molecule is CCOc1ccccc1NC(=O)NCc1ccnc(-c2cccs2)c1. The lowest BCUT2D eigenvalue weighted by Gasteiger charge is -2.12. The van der Waals surface area contributed by atoms with Gasteiger partial charge in [0.15, 0.2) is 0 Å². The fourth-order valence-electron chi connectivity index (χ4n) is 2.34. The van der Waals surface area contributed by atoms with Gasteiger partial charge in [-0.3, -0.25) is 4.98 Å². The van der Waals surface area contributed by atoms with Gasteiger partial charge in [0, 0.05) is 12.7 Å². The zero-order chi connectivity index (χ0) is 17.5. The fourth-order valence-corrected chi connectivity index (χ4v) is 3.04. The van der Waals surface area contributed by atoms with Gasteiger partial charge in [0.05, 0.1) is 22.9 Å². The molecule has 3 rings (SSSR count). The first-order chi connectivity index (χ1) is 12.3. The van der Waals surface area contributed by atoms with Crippen LogP contribution in [-0.2, 0) is 6.54 Å². The number of nitrogens with one attached hydrogen (secondary N) is 2. The topological polar surface area (TPSA) is 63.2 Å². The van der Waals surface area contributed by atoms with E-state index in [1.165, 1.54) is 0 Å². The summed E-state index contributed by atoms with van der Waals surface area (Å²) in [6, 6.07) is 15.0. The zero-order valence-corrected chi connectivity index (χ0v) is 14.7. The maximum Gasteiger partial charge on any atom is 0.319 e. The van der Waals surface area contributed by atoms with E-state index in [-0.39, 0.29) is 6.03 Å². The molecule has 0 saturated heterocycles. The second kappa shape index (κ2) is 8.30. The van der Waals surface area contributed by atoms with E-state index in [0.29, 0.717) is 24.6 Å². The maximum absolute atomic E-state index is 12.2. The smallest absolute Gasteiger partial charge is 0.319 e. The number of carbonyl (C=O) groups excluding carboxylic acids is 1. The van der Waals surface area contributed by atoms with Crippen molar-refractivity contribution in [3.8, 4) is 16.3 Å². The van der Waals surface area contributed by atoms with Crippen LogP contribution in [0.15, 0.2) is 60.1 Å². The van der Waals surface area contributed by atoms with Crippen LogP contribution in [0.4, 0.5) is 10.5 Å². The molecule has 3 aromatic rings. The van der Waals surface area contributed by atoms with Gasteiger partial charge >= 0.3 is 6.03 Å². The van der Waals surface area contributed by atoms with Crippen LogP contribution in [0.2, 0.25) is 0 Å². The highest BCUT2D eigenvalue weighted by molar-refractivity contribution is 7.13. The highest BCUT2D eigenvalue weighted by Gasteiger charge is 2.07. The Kier molecular flexibility index (Phi) is 5.64. The van der Waals surface area contributed by atoms with Crippen molar-refractivity contribution < 1.29 is 9.53 Å². The van der Waals surface area contributed by atoms with E-state index in [1.54, 1.807) is 17.5 Å². The summed E-state index contributed by atoms with van der Waals surface area (Å²) in [6.45, 7) is 2.87. The lowest BCUT2D eigenvalue weighted by atomic mass is 10.2. The van der Waals surface area contributed by atoms with E-state index in [0.717, 1.165) is 16.1 Å². The molecule has 0 bridgehead atoms. The van der Waals surface area contributed by atoms with E-state index in [1.807, 2.05) is 60.8 Å². The van der Waals surface area contributed by atoms with E-state index >= 15 is 0 Å².